The second-order valence-electron chi connectivity index (χ2n) is 11.0. The van der Waals surface area contributed by atoms with E-state index in [1.165, 1.54) is 45.2 Å². The van der Waals surface area contributed by atoms with Crippen LogP contribution in [0.3, 0.4) is 0 Å². The van der Waals surface area contributed by atoms with Gasteiger partial charge in [-0.1, -0.05) is 0 Å². The highest BCUT2D eigenvalue weighted by atomic mass is 19.3. The molecule has 1 fully saturated rings. The molecular formula is C30H28F4N4O4. The molecule has 0 spiro atoms. The Labute approximate surface area is 238 Å². The monoisotopic (exact) mass is 584 g/mol. The minimum Gasteiger partial charge on any atom is -0.494 e. The van der Waals surface area contributed by atoms with Gasteiger partial charge < -0.3 is 20.3 Å². The first kappa shape index (κ1) is 29.3. The van der Waals surface area contributed by atoms with Gasteiger partial charge in [-0.2, -0.15) is 5.10 Å². The molecule has 0 bridgehead atoms. The van der Waals surface area contributed by atoms with Crippen molar-refractivity contribution in [3.63, 3.8) is 0 Å². The van der Waals surface area contributed by atoms with E-state index in [0.29, 0.717) is 16.6 Å². The Morgan fingerprint density at radius 2 is 1.76 bits per heavy atom. The van der Waals surface area contributed by atoms with Crippen LogP contribution < -0.4 is 10.1 Å². The van der Waals surface area contributed by atoms with Crippen molar-refractivity contribution in [1.29, 1.82) is 0 Å². The zero-order valence-corrected chi connectivity index (χ0v) is 23.2. The van der Waals surface area contributed by atoms with E-state index in [4.69, 9.17) is 4.74 Å². The Balaban J connectivity index is 1.57. The third-order valence-corrected chi connectivity index (χ3v) is 7.36. The summed E-state index contributed by atoms with van der Waals surface area (Å²) in [4.78, 5) is 17.5. The maximum absolute atomic E-state index is 15.6. The van der Waals surface area contributed by atoms with Crippen LogP contribution >= 0.6 is 0 Å². The number of carbonyl (C=O) groups excluding carboxylic acids is 1. The predicted molar refractivity (Wildman–Crippen MR) is 145 cm³/mol. The van der Waals surface area contributed by atoms with Gasteiger partial charge in [0.1, 0.15) is 28.4 Å². The Hall–Kier alpha value is -4.16. The van der Waals surface area contributed by atoms with Crippen LogP contribution in [-0.4, -0.2) is 50.9 Å². The molecule has 8 nitrogen and oxygen atoms in total. The average molecular weight is 585 g/mol. The molecule has 2 heterocycles. The van der Waals surface area contributed by atoms with Crippen molar-refractivity contribution in [1.82, 2.24) is 20.5 Å². The molecule has 1 saturated carbocycles. The standard InChI is InChI=1S/C30H28F4N4O4/c1-15-9-17-10-18(11-21(42-4)25(17)38-37-15)27(39)35-14-29(41,22-13-30(22,33)34)23-12-20(28(2,3)40)24(32)26(36-23)16-5-7-19(31)8-6-16/h5-12,22,40-41H,13-14H2,1-4H3,(H,35,39). The number of nitrogens with zero attached hydrogens (tertiary/aromatic N) is 3. The normalized spacial score (nSPS) is 17.5. The molecular weight excluding hydrogens is 556 g/mol. The summed E-state index contributed by atoms with van der Waals surface area (Å²) >= 11 is 0. The lowest BCUT2D eigenvalue weighted by Crippen LogP contribution is -2.45. The highest BCUT2D eigenvalue weighted by Crippen LogP contribution is 2.57. The van der Waals surface area contributed by atoms with Crippen molar-refractivity contribution in [3.05, 3.63) is 82.7 Å². The minimum atomic E-state index is -3.29. The van der Waals surface area contributed by atoms with E-state index in [9.17, 15) is 28.2 Å². The van der Waals surface area contributed by atoms with E-state index in [1.54, 1.807) is 13.0 Å². The number of nitrogens with one attached hydrogen (secondary N) is 1. The topological polar surface area (TPSA) is 117 Å². The molecule has 1 aliphatic carbocycles. The van der Waals surface area contributed by atoms with Gasteiger partial charge in [-0.3, -0.25) is 4.79 Å². The largest absolute Gasteiger partial charge is 0.494 e. The smallest absolute Gasteiger partial charge is 0.254 e. The van der Waals surface area contributed by atoms with Gasteiger partial charge in [-0.25, -0.2) is 22.5 Å². The van der Waals surface area contributed by atoms with Gasteiger partial charge in [0.2, 0.25) is 0 Å². The summed E-state index contributed by atoms with van der Waals surface area (Å²) in [6.45, 7) is 3.58. The number of aliphatic hydroxyl groups is 2. The van der Waals surface area contributed by atoms with Gasteiger partial charge in [-0.05, 0) is 69.3 Å². The van der Waals surface area contributed by atoms with E-state index in [2.05, 4.69) is 20.5 Å². The number of aryl methyl sites for hydroxylation is 1. The maximum Gasteiger partial charge on any atom is 0.254 e. The predicted octanol–water partition coefficient (Wildman–Crippen LogP) is 4.79. The van der Waals surface area contributed by atoms with Crippen LogP contribution in [0.2, 0.25) is 0 Å². The van der Waals surface area contributed by atoms with Crippen LogP contribution in [0.1, 0.15) is 47.6 Å². The molecule has 3 N–H and O–H groups in total. The van der Waals surface area contributed by atoms with Crippen molar-refractivity contribution in [2.24, 2.45) is 5.92 Å². The lowest BCUT2D eigenvalue weighted by Gasteiger charge is -2.31. The molecule has 42 heavy (non-hydrogen) atoms. The van der Waals surface area contributed by atoms with Crippen LogP contribution in [-0.2, 0) is 11.2 Å². The number of hydrogen-bond acceptors (Lipinski definition) is 7. The summed E-state index contributed by atoms with van der Waals surface area (Å²) < 4.78 is 63.6. The summed E-state index contributed by atoms with van der Waals surface area (Å²) in [5.74, 6) is -6.97. The zero-order valence-electron chi connectivity index (χ0n) is 23.2. The van der Waals surface area contributed by atoms with E-state index in [0.717, 1.165) is 18.2 Å². The average Bonchev–Trinajstić information content (AvgIpc) is 3.59. The lowest BCUT2D eigenvalue weighted by atomic mass is 9.87. The minimum absolute atomic E-state index is 0.0943. The summed E-state index contributed by atoms with van der Waals surface area (Å²) in [5, 5.41) is 33.6. The number of carbonyl (C=O) groups is 1. The SMILES string of the molecule is COc1cc(C(=O)NCC(O)(c2cc(C(C)(C)O)c(F)c(-c3ccc(F)cc3)n2)C2CC2(F)F)cc2cc(C)nnc12. The maximum atomic E-state index is 15.6. The fourth-order valence-corrected chi connectivity index (χ4v) is 4.95. The van der Waals surface area contributed by atoms with E-state index in [1.807, 2.05) is 0 Å². The number of halogens is 4. The number of amides is 1. The number of ether oxygens (including phenoxy) is 1. The molecule has 1 amide bonds. The summed E-state index contributed by atoms with van der Waals surface area (Å²) in [6.07, 6.45) is -0.704. The van der Waals surface area contributed by atoms with Crippen LogP contribution in [0.4, 0.5) is 17.6 Å². The third-order valence-electron chi connectivity index (χ3n) is 7.36. The van der Waals surface area contributed by atoms with Crippen molar-refractivity contribution in [2.75, 3.05) is 13.7 Å². The molecule has 0 radical (unpaired) electrons. The highest BCUT2D eigenvalue weighted by molar-refractivity contribution is 5.99. The molecule has 0 saturated heterocycles. The fraction of sp³-hybridized carbons (Fsp3) is 0.333. The molecule has 4 aromatic rings. The van der Waals surface area contributed by atoms with Crippen molar-refractivity contribution >= 4 is 16.8 Å². The number of aromatic nitrogens is 3. The molecule has 0 aliphatic heterocycles. The molecule has 12 heteroatoms. The summed E-state index contributed by atoms with van der Waals surface area (Å²) in [7, 11) is 1.39. The number of methoxy groups -OCH3 is 1. The number of pyridine rings is 1. The molecule has 1 aliphatic rings. The van der Waals surface area contributed by atoms with Gasteiger partial charge in [0.15, 0.2) is 5.82 Å². The first-order valence-electron chi connectivity index (χ1n) is 13.0. The van der Waals surface area contributed by atoms with Crippen molar-refractivity contribution in [2.45, 2.75) is 44.3 Å². The molecule has 220 valence electrons. The Bertz CT molecular complexity index is 1690. The second kappa shape index (κ2) is 10.3. The molecule has 2 aromatic heterocycles. The number of alkyl halides is 2. The molecule has 2 atom stereocenters. The third kappa shape index (κ3) is 5.39. The zero-order chi connectivity index (χ0) is 30.6. The Morgan fingerprint density at radius 1 is 1.10 bits per heavy atom. The number of benzene rings is 2. The molecule has 2 unspecified atom stereocenters. The summed E-state index contributed by atoms with van der Waals surface area (Å²) in [5.41, 5.74) is -4.16. The van der Waals surface area contributed by atoms with Gasteiger partial charge in [-0.15, -0.1) is 5.10 Å². The second-order valence-corrected chi connectivity index (χ2v) is 11.0. The first-order valence-corrected chi connectivity index (χ1v) is 13.0. The fourth-order valence-electron chi connectivity index (χ4n) is 4.95. The van der Waals surface area contributed by atoms with Crippen LogP contribution in [0, 0.1) is 24.5 Å². The van der Waals surface area contributed by atoms with Gasteiger partial charge in [0.25, 0.3) is 11.8 Å². The number of fused-ring (bicyclic) bond motifs is 1. The first-order chi connectivity index (χ1) is 19.6. The van der Waals surface area contributed by atoms with E-state index in [-0.39, 0.29) is 33.8 Å². The Kier molecular flexibility index (Phi) is 7.18. The molecule has 5 rings (SSSR count). The van der Waals surface area contributed by atoms with Crippen molar-refractivity contribution < 1.29 is 37.3 Å². The Morgan fingerprint density at radius 3 is 2.36 bits per heavy atom. The van der Waals surface area contributed by atoms with Gasteiger partial charge in [0, 0.05) is 28.5 Å². The van der Waals surface area contributed by atoms with E-state index >= 15 is 4.39 Å². The quantitative estimate of drug-likeness (QED) is 0.255. The van der Waals surface area contributed by atoms with Gasteiger partial charge in [0.05, 0.1) is 36.6 Å². The highest BCUT2D eigenvalue weighted by Gasteiger charge is 2.67. The molecule has 2 aromatic carbocycles. The lowest BCUT2D eigenvalue weighted by molar-refractivity contribution is -0.0352. The van der Waals surface area contributed by atoms with Crippen LogP contribution in [0.25, 0.3) is 22.2 Å². The number of hydrogen-bond donors (Lipinski definition) is 3. The van der Waals surface area contributed by atoms with Crippen molar-refractivity contribution in [3.8, 4) is 17.0 Å². The summed E-state index contributed by atoms with van der Waals surface area (Å²) in [6, 6.07) is 10.3. The van der Waals surface area contributed by atoms with Crippen LogP contribution in [0.5, 0.6) is 5.75 Å². The van der Waals surface area contributed by atoms with Gasteiger partial charge >= 0.3 is 0 Å². The van der Waals surface area contributed by atoms with E-state index < -0.39 is 53.5 Å². The van der Waals surface area contributed by atoms with Crippen LogP contribution in [0.15, 0.2) is 48.5 Å². The number of rotatable bonds is 8.